The van der Waals surface area contributed by atoms with Crippen LogP contribution in [0.1, 0.15) is 63.9 Å². The standard InChI is InChI=1S/C34H26F3N7O5/c1-38-26-8-6-21(14-25(26)34(35,36)37)40-32(49)33(11-2-12-33)43-18-22(15-39-43)42-16-20(17-42)4-3-19-5-7-23-24(13-19)31(48)44(30(23)47)27-9-10-28(45)41-29(27)46/h5-8,13-15,18,20,27H,2,9-12,16-17H2,(H,40,49)(H,41,45,46). The minimum Gasteiger partial charge on any atom is -0.366 e. The molecule has 0 bridgehead atoms. The Balaban J connectivity index is 0.991. The zero-order chi connectivity index (χ0) is 34.7. The second kappa shape index (κ2) is 11.6. The normalized spacial score (nSPS) is 20.0. The fourth-order valence-electron chi connectivity index (χ4n) is 6.48. The van der Waals surface area contributed by atoms with Gasteiger partial charge in [-0.1, -0.05) is 17.9 Å². The van der Waals surface area contributed by atoms with Gasteiger partial charge in [0, 0.05) is 37.0 Å². The first-order chi connectivity index (χ1) is 23.4. The van der Waals surface area contributed by atoms with Crippen molar-refractivity contribution in [3.63, 3.8) is 0 Å². The summed E-state index contributed by atoms with van der Waals surface area (Å²) in [6.07, 6.45) is 0.384. The summed E-state index contributed by atoms with van der Waals surface area (Å²) in [5, 5.41) is 9.19. The van der Waals surface area contributed by atoms with Gasteiger partial charge >= 0.3 is 6.18 Å². The van der Waals surface area contributed by atoms with Gasteiger partial charge in [-0.2, -0.15) is 18.3 Å². The summed E-state index contributed by atoms with van der Waals surface area (Å²) in [7, 11) is 0. The van der Waals surface area contributed by atoms with Crippen molar-refractivity contribution in [2.75, 3.05) is 23.3 Å². The molecule has 1 saturated carbocycles. The van der Waals surface area contributed by atoms with Crippen molar-refractivity contribution in [1.29, 1.82) is 0 Å². The minimum atomic E-state index is -4.74. The smallest absolute Gasteiger partial charge is 0.366 e. The number of fused-ring (bicyclic) bond motifs is 1. The van der Waals surface area contributed by atoms with Crippen LogP contribution in [0.15, 0.2) is 48.8 Å². The molecule has 2 N–H and O–H groups in total. The molecule has 0 radical (unpaired) electrons. The molecule has 2 aromatic carbocycles. The van der Waals surface area contributed by atoms with Crippen molar-refractivity contribution >= 4 is 46.6 Å². The van der Waals surface area contributed by atoms with E-state index in [0.29, 0.717) is 31.5 Å². The lowest BCUT2D eigenvalue weighted by atomic mass is 9.76. The van der Waals surface area contributed by atoms with Gasteiger partial charge in [-0.25, -0.2) is 4.85 Å². The third-order valence-corrected chi connectivity index (χ3v) is 9.40. The molecular formula is C34H26F3N7O5. The van der Waals surface area contributed by atoms with Gasteiger partial charge in [-0.3, -0.25) is 38.9 Å². The number of carbonyl (C=O) groups is 5. The third kappa shape index (κ3) is 5.47. The first kappa shape index (κ1) is 31.6. The number of halogens is 3. The Labute approximate surface area is 277 Å². The number of nitrogens with zero attached hydrogens (tertiary/aromatic N) is 5. The van der Waals surface area contributed by atoms with E-state index in [4.69, 9.17) is 6.57 Å². The van der Waals surface area contributed by atoms with Gasteiger partial charge in [-0.05, 0) is 56.0 Å². The predicted molar refractivity (Wildman–Crippen MR) is 166 cm³/mol. The number of hydrogen-bond acceptors (Lipinski definition) is 7. The number of nitrogens with one attached hydrogen (secondary N) is 2. The van der Waals surface area contributed by atoms with Crippen molar-refractivity contribution < 1.29 is 37.1 Å². The number of hydrogen-bond donors (Lipinski definition) is 2. The van der Waals surface area contributed by atoms with Gasteiger partial charge in [0.25, 0.3) is 17.7 Å². The van der Waals surface area contributed by atoms with Gasteiger partial charge in [0.15, 0.2) is 5.69 Å². The van der Waals surface area contributed by atoms with E-state index in [-0.39, 0.29) is 35.6 Å². The number of imide groups is 2. The number of anilines is 2. The molecule has 3 fully saturated rings. The van der Waals surface area contributed by atoms with E-state index in [1.807, 2.05) is 4.90 Å². The van der Waals surface area contributed by atoms with Crippen LogP contribution < -0.4 is 15.5 Å². The van der Waals surface area contributed by atoms with E-state index in [0.717, 1.165) is 29.1 Å². The summed E-state index contributed by atoms with van der Waals surface area (Å²) in [6, 6.07) is 6.71. The topological polar surface area (TPSA) is 138 Å². The van der Waals surface area contributed by atoms with Crippen LogP contribution in [0.3, 0.4) is 0 Å². The van der Waals surface area contributed by atoms with Crippen LogP contribution in [0.25, 0.3) is 4.85 Å². The first-order valence-electron chi connectivity index (χ1n) is 15.5. The van der Waals surface area contributed by atoms with E-state index < -0.39 is 58.5 Å². The molecule has 4 aliphatic rings. The van der Waals surface area contributed by atoms with Crippen LogP contribution in [0.4, 0.5) is 30.2 Å². The highest BCUT2D eigenvalue weighted by molar-refractivity contribution is 6.23. The zero-order valence-corrected chi connectivity index (χ0v) is 25.6. The Morgan fingerprint density at radius 2 is 1.82 bits per heavy atom. The number of amides is 5. The summed E-state index contributed by atoms with van der Waals surface area (Å²) in [4.78, 5) is 69.1. The maximum atomic E-state index is 13.4. The molecule has 3 aromatic rings. The molecule has 1 aromatic heterocycles. The second-order valence-corrected chi connectivity index (χ2v) is 12.4. The van der Waals surface area contributed by atoms with Crippen molar-refractivity contribution in [2.24, 2.45) is 5.92 Å². The van der Waals surface area contributed by atoms with Gasteiger partial charge in [0.1, 0.15) is 11.6 Å². The molecule has 5 amide bonds. The maximum Gasteiger partial charge on any atom is 0.407 e. The van der Waals surface area contributed by atoms with Crippen molar-refractivity contribution in [3.8, 4) is 11.8 Å². The van der Waals surface area contributed by atoms with Crippen LogP contribution in [-0.4, -0.2) is 63.3 Å². The van der Waals surface area contributed by atoms with E-state index in [2.05, 4.69) is 32.4 Å². The molecule has 1 aliphatic carbocycles. The number of piperidine rings is 1. The lowest BCUT2D eigenvalue weighted by Gasteiger charge is -2.40. The summed E-state index contributed by atoms with van der Waals surface area (Å²) < 4.78 is 41.9. The monoisotopic (exact) mass is 669 g/mol. The highest BCUT2D eigenvalue weighted by atomic mass is 19.4. The average Bonchev–Trinajstić information content (AvgIpc) is 3.58. The Morgan fingerprint density at radius 3 is 2.49 bits per heavy atom. The lowest BCUT2D eigenvalue weighted by molar-refractivity contribution is -0.137. The van der Waals surface area contributed by atoms with Crippen molar-refractivity contribution in [2.45, 2.75) is 49.9 Å². The molecule has 2 saturated heterocycles. The molecule has 12 nitrogen and oxygen atoms in total. The summed E-state index contributed by atoms with van der Waals surface area (Å²) >= 11 is 0. The Morgan fingerprint density at radius 1 is 1.06 bits per heavy atom. The fourth-order valence-corrected chi connectivity index (χ4v) is 6.48. The van der Waals surface area contributed by atoms with Crippen LogP contribution in [-0.2, 0) is 26.1 Å². The summed E-state index contributed by atoms with van der Waals surface area (Å²) in [5.41, 5.74) is -1.16. The number of benzene rings is 2. The molecule has 7 rings (SSSR count). The lowest BCUT2D eigenvalue weighted by Crippen LogP contribution is -2.54. The van der Waals surface area contributed by atoms with Crippen molar-refractivity contribution in [3.05, 3.63) is 82.5 Å². The molecule has 1 atom stereocenters. The van der Waals surface area contributed by atoms with Crippen LogP contribution in [0.5, 0.6) is 0 Å². The minimum absolute atomic E-state index is 0.0175. The van der Waals surface area contributed by atoms with Crippen LogP contribution in [0.2, 0.25) is 0 Å². The maximum absolute atomic E-state index is 13.4. The van der Waals surface area contributed by atoms with E-state index in [1.54, 1.807) is 23.1 Å². The van der Waals surface area contributed by atoms with Gasteiger partial charge < -0.3 is 10.2 Å². The molecular weight excluding hydrogens is 643 g/mol. The first-order valence-corrected chi connectivity index (χ1v) is 15.5. The van der Waals surface area contributed by atoms with Gasteiger partial charge in [0.05, 0.1) is 41.1 Å². The number of alkyl halides is 3. The van der Waals surface area contributed by atoms with Gasteiger partial charge in [0.2, 0.25) is 11.8 Å². The zero-order valence-electron chi connectivity index (χ0n) is 25.6. The van der Waals surface area contributed by atoms with Crippen LogP contribution in [0, 0.1) is 24.3 Å². The molecule has 1 unspecified atom stereocenters. The Kier molecular flexibility index (Phi) is 7.50. The molecule has 0 spiro atoms. The quantitative estimate of drug-likeness (QED) is 0.239. The molecule has 4 heterocycles. The average molecular weight is 670 g/mol. The highest BCUT2D eigenvalue weighted by Gasteiger charge is 2.48. The number of carbonyl (C=O) groups excluding carboxylic acids is 5. The van der Waals surface area contributed by atoms with E-state index in [1.165, 1.54) is 18.2 Å². The fraction of sp³-hybridized carbons (Fsp3) is 0.324. The SMILES string of the molecule is [C-]#[N+]c1ccc(NC(=O)C2(n3cc(N4CC(C#Cc5ccc6c(c5)C(=O)N(C5CCC(=O)NC5=O)C6=O)C4)cn3)CCC2)cc1C(F)(F)F. The summed E-state index contributed by atoms with van der Waals surface area (Å²) in [6.45, 7) is 8.15. The van der Waals surface area contributed by atoms with Crippen molar-refractivity contribution in [1.82, 2.24) is 20.0 Å². The molecule has 3 aliphatic heterocycles. The summed E-state index contributed by atoms with van der Waals surface area (Å²) in [5.74, 6) is 3.41. The largest absolute Gasteiger partial charge is 0.407 e. The second-order valence-electron chi connectivity index (χ2n) is 12.4. The van der Waals surface area contributed by atoms with Crippen LogP contribution >= 0.6 is 0 Å². The molecule has 15 heteroatoms. The Bertz CT molecular complexity index is 2060. The molecule has 49 heavy (non-hydrogen) atoms. The highest BCUT2D eigenvalue weighted by Crippen LogP contribution is 2.42. The third-order valence-electron chi connectivity index (χ3n) is 9.40. The number of aromatic nitrogens is 2. The Hall–Kier alpha value is -5.96. The number of rotatable bonds is 5. The van der Waals surface area contributed by atoms with E-state index in [9.17, 15) is 37.1 Å². The predicted octanol–water partition coefficient (Wildman–Crippen LogP) is 3.86. The molecule has 248 valence electrons. The van der Waals surface area contributed by atoms with E-state index >= 15 is 0 Å². The van der Waals surface area contributed by atoms with Gasteiger partial charge in [-0.15, -0.1) is 0 Å².